The van der Waals surface area contributed by atoms with E-state index in [2.05, 4.69) is 10.3 Å². The van der Waals surface area contributed by atoms with Crippen molar-refractivity contribution < 1.29 is 27.6 Å². The summed E-state index contributed by atoms with van der Waals surface area (Å²) in [5.74, 6) is -0.510. The summed E-state index contributed by atoms with van der Waals surface area (Å²) in [7, 11) is 0. The molecule has 3 saturated heterocycles. The Morgan fingerprint density at radius 1 is 1.14 bits per heavy atom. The van der Waals surface area contributed by atoms with Crippen LogP contribution in [0, 0.1) is 11.3 Å². The van der Waals surface area contributed by atoms with Gasteiger partial charge in [-0.1, -0.05) is 6.07 Å². The normalized spacial score (nSPS) is 22.5. The van der Waals surface area contributed by atoms with Crippen LogP contribution in [0.4, 0.5) is 34.1 Å². The van der Waals surface area contributed by atoms with Crippen molar-refractivity contribution in [3.05, 3.63) is 65.9 Å². The van der Waals surface area contributed by atoms with Gasteiger partial charge in [-0.3, -0.25) is 9.78 Å². The van der Waals surface area contributed by atoms with Gasteiger partial charge in [0, 0.05) is 23.8 Å². The molecule has 0 aliphatic carbocycles. The number of rotatable bonds is 2. The van der Waals surface area contributed by atoms with Crippen LogP contribution in [0.1, 0.15) is 17.5 Å². The number of anilines is 2. The van der Waals surface area contributed by atoms with Gasteiger partial charge < -0.3 is 15.1 Å². The standard InChI is InChI=1S/C25H17F3N6O3/c26-25(27,28)14-3-1-4-15(9-14)31-23(36)32-12-16-10-19(32)21-22(35)34(24(37)33(16)21)18-7-6-13(11-29)20-17(18)5-2-8-30-20/h1-9,16,19,21H,10,12H2,(H,31,36)/t16-,19?,21?/m1/s1. The monoisotopic (exact) mass is 506 g/mol. The van der Waals surface area contributed by atoms with E-state index in [1.54, 1.807) is 12.1 Å². The summed E-state index contributed by atoms with van der Waals surface area (Å²) in [4.78, 5) is 48.1. The van der Waals surface area contributed by atoms with Crippen LogP contribution in [0.25, 0.3) is 10.9 Å². The Kier molecular flexibility index (Phi) is 4.88. The number of alkyl halides is 3. The van der Waals surface area contributed by atoms with E-state index in [4.69, 9.17) is 0 Å². The lowest BCUT2D eigenvalue weighted by atomic mass is 10.1. The Morgan fingerprint density at radius 3 is 2.70 bits per heavy atom. The largest absolute Gasteiger partial charge is 0.416 e. The van der Waals surface area contributed by atoms with Crippen LogP contribution in [-0.4, -0.2) is 57.4 Å². The maximum Gasteiger partial charge on any atom is 0.416 e. The molecule has 186 valence electrons. The summed E-state index contributed by atoms with van der Waals surface area (Å²) >= 11 is 0. The number of urea groups is 2. The molecule has 5 amide bonds. The van der Waals surface area contributed by atoms with E-state index in [0.29, 0.717) is 28.6 Å². The van der Waals surface area contributed by atoms with Crippen LogP contribution in [0.5, 0.6) is 0 Å². The molecule has 6 rings (SSSR count). The van der Waals surface area contributed by atoms with Gasteiger partial charge in [-0.2, -0.15) is 18.4 Å². The quantitative estimate of drug-likeness (QED) is 0.530. The number of hydrogen-bond acceptors (Lipinski definition) is 5. The first-order valence-electron chi connectivity index (χ1n) is 11.4. The molecule has 1 N–H and O–H groups in total. The van der Waals surface area contributed by atoms with E-state index >= 15 is 0 Å². The van der Waals surface area contributed by atoms with Gasteiger partial charge in [0.15, 0.2) is 0 Å². The summed E-state index contributed by atoms with van der Waals surface area (Å²) in [5, 5.41) is 12.4. The molecule has 0 spiro atoms. The first kappa shape index (κ1) is 22.8. The highest BCUT2D eigenvalue weighted by atomic mass is 19.4. The highest BCUT2D eigenvalue weighted by molar-refractivity contribution is 6.25. The zero-order chi connectivity index (χ0) is 26.1. The maximum atomic E-state index is 13.6. The van der Waals surface area contributed by atoms with Crippen LogP contribution in [0.3, 0.4) is 0 Å². The number of hydrogen-bond donors (Lipinski definition) is 1. The van der Waals surface area contributed by atoms with Crippen molar-refractivity contribution in [1.29, 1.82) is 5.26 Å². The van der Waals surface area contributed by atoms with Crippen molar-refractivity contribution >= 4 is 40.2 Å². The fourth-order valence-electron chi connectivity index (χ4n) is 5.52. The van der Waals surface area contributed by atoms with Crippen molar-refractivity contribution in [1.82, 2.24) is 14.8 Å². The Balaban J connectivity index is 1.28. The van der Waals surface area contributed by atoms with Crippen molar-refractivity contribution in [3.8, 4) is 6.07 Å². The van der Waals surface area contributed by atoms with E-state index in [1.807, 2.05) is 6.07 Å². The van der Waals surface area contributed by atoms with E-state index in [0.717, 1.165) is 17.0 Å². The Morgan fingerprint density at radius 2 is 1.95 bits per heavy atom. The zero-order valence-electron chi connectivity index (χ0n) is 18.9. The van der Waals surface area contributed by atoms with Gasteiger partial charge in [-0.15, -0.1) is 0 Å². The van der Waals surface area contributed by atoms with Gasteiger partial charge in [0.25, 0.3) is 5.91 Å². The maximum absolute atomic E-state index is 13.6. The van der Waals surface area contributed by atoms with Crippen LogP contribution in [-0.2, 0) is 11.0 Å². The van der Waals surface area contributed by atoms with Crippen LogP contribution in [0.2, 0.25) is 0 Å². The molecule has 12 heteroatoms. The lowest BCUT2D eigenvalue weighted by molar-refractivity contribution is -0.137. The molecule has 3 aromatic rings. The number of nitrogens with zero attached hydrogens (tertiary/aromatic N) is 5. The SMILES string of the molecule is N#Cc1ccc(N2C(=O)C3C4C[C@H](CN4C(=O)Nc4cccc(C(F)(F)F)c4)N3C2=O)c2cccnc12. The predicted molar refractivity (Wildman–Crippen MR) is 124 cm³/mol. The van der Waals surface area contributed by atoms with Crippen LogP contribution in [0.15, 0.2) is 54.7 Å². The van der Waals surface area contributed by atoms with Crippen LogP contribution < -0.4 is 10.2 Å². The molecule has 0 radical (unpaired) electrons. The molecule has 3 atom stereocenters. The number of piperazine rings is 1. The number of imide groups is 1. The number of amides is 5. The molecule has 0 saturated carbocycles. The number of nitriles is 1. The third kappa shape index (κ3) is 3.38. The Hall–Kier alpha value is -4.66. The fourth-order valence-corrected chi connectivity index (χ4v) is 5.52. The predicted octanol–water partition coefficient (Wildman–Crippen LogP) is 3.95. The minimum Gasteiger partial charge on any atom is -0.317 e. The molecule has 2 unspecified atom stereocenters. The fraction of sp³-hybridized carbons (Fsp3) is 0.240. The van der Waals surface area contributed by atoms with E-state index < -0.39 is 47.8 Å². The molecule has 3 fully saturated rings. The Bertz CT molecular complexity index is 1530. The molecule has 1 aromatic heterocycles. The topological polar surface area (TPSA) is 110 Å². The van der Waals surface area contributed by atoms with Gasteiger partial charge in [-0.25, -0.2) is 14.5 Å². The molecule has 2 bridgehead atoms. The molecular formula is C25H17F3N6O3. The van der Waals surface area contributed by atoms with E-state index in [-0.39, 0.29) is 12.2 Å². The summed E-state index contributed by atoms with van der Waals surface area (Å²) in [5.41, 5.74) is 0.0461. The van der Waals surface area contributed by atoms with Crippen molar-refractivity contribution in [3.63, 3.8) is 0 Å². The van der Waals surface area contributed by atoms with Gasteiger partial charge in [0.05, 0.1) is 34.4 Å². The second-order valence-corrected chi connectivity index (χ2v) is 9.07. The average molecular weight is 506 g/mol. The second kappa shape index (κ2) is 7.92. The number of aromatic nitrogens is 1. The van der Waals surface area contributed by atoms with E-state index in [1.165, 1.54) is 40.3 Å². The van der Waals surface area contributed by atoms with E-state index in [9.17, 15) is 32.8 Å². The summed E-state index contributed by atoms with van der Waals surface area (Å²) < 4.78 is 39.1. The van der Waals surface area contributed by atoms with Gasteiger partial charge in [0.2, 0.25) is 0 Å². The summed E-state index contributed by atoms with van der Waals surface area (Å²) in [6.07, 6.45) is -2.65. The number of likely N-dealkylation sites (tertiary alicyclic amines) is 1. The number of fused-ring (bicyclic) bond motifs is 6. The number of pyridine rings is 1. The number of carbonyl (C=O) groups is 3. The summed E-state index contributed by atoms with van der Waals surface area (Å²) in [6, 6.07) is 9.58. The van der Waals surface area contributed by atoms with Gasteiger partial charge in [0.1, 0.15) is 12.1 Å². The molecule has 3 aliphatic rings. The molecule has 37 heavy (non-hydrogen) atoms. The molecule has 2 aromatic carbocycles. The van der Waals surface area contributed by atoms with Gasteiger partial charge in [-0.05, 0) is 48.9 Å². The number of halogens is 3. The second-order valence-electron chi connectivity index (χ2n) is 9.07. The summed E-state index contributed by atoms with van der Waals surface area (Å²) in [6.45, 7) is 0.147. The third-order valence-electron chi connectivity index (χ3n) is 7.07. The lowest BCUT2D eigenvalue weighted by Crippen LogP contribution is -2.55. The highest BCUT2D eigenvalue weighted by Crippen LogP contribution is 2.44. The van der Waals surface area contributed by atoms with Crippen molar-refractivity contribution in [2.75, 3.05) is 16.8 Å². The van der Waals surface area contributed by atoms with Crippen molar-refractivity contribution in [2.45, 2.75) is 30.7 Å². The first-order valence-corrected chi connectivity index (χ1v) is 11.4. The molecule has 4 heterocycles. The lowest BCUT2D eigenvalue weighted by Gasteiger charge is -2.34. The highest BCUT2D eigenvalue weighted by Gasteiger charge is 2.63. The molecule has 3 aliphatic heterocycles. The number of benzene rings is 2. The minimum atomic E-state index is -4.56. The first-order chi connectivity index (χ1) is 17.7. The number of carbonyl (C=O) groups excluding carboxylic acids is 3. The molecule has 9 nitrogen and oxygen atoms in total. The number of nitrogens with one attached hydrogen (secondary N) is 1. The Labute approximate surface area is 207 Å². The van der Waals surface area contributed by atoms with Crippen molar-refractivity contribution in [2.24, 2.45) is 0 Å². The average Bonchev–Trinajstić information content (AvgIpc) is 3.54. The zero-order valence-corrected chi connectivity index (χ0v) is 18.9. The minimum absolute atomic E-state index is 0.0218. The third-order valence-corrected chi connectivity index (χ3v) is 7.07. The smallest absolute Gasteiger partial charge is 0.317 e. The van der Waals surface area contributed by atoms with Gasteiger partial charge >= 0.3 is 18.2 Å². The molecular weight excluding hydrogens is 489 g/mol. The van der Waals surface area contributed by atoms with Crippen LogP contribution >= 0.6 is 0 Å².